The predicted octanol–water partition coefficient (Wildman–Crippen LogP) is 1.51. The van der Waals surface area contributed by atoms with Gasteiger partial charge in [0.05, 0.1) is 35.4 Å². The molecule has 5 heterocycles. The van der Waals surface area contributed by atoms with Gasteiger partial charge >= 0.3 is 0 Å². The summed E-state index contributed by atoms with van der Waals surface area (Å²) in [5.74, 6) is -0.263. The standard InChI is InChI=1S/C24H28N8O4S/c1-30-13-16(12-27-30)18-14-32-24(37-18)19-21(29-32)20-17(28-23(19)34)10-15(11-26-20)22(33)25-4-5-31(6-8-35-2)7-9-36-3/h10-14H,4-9H2,1-3H3,(H,25,33)(H,28,34). The number of thiazole rings is 1. The number of aryl methyl sites for hydroxylation is 1. The molecular formula is C24H28N8O4S. The van der Waals surface area contributed by atoms with Gasteiger partial charge in [-0.05, 0) is 6.07 Å². The second kappa shape index (κ2) is 10.8. The van der Waals surface area contributed by atoms with Gasteiger partial charge in [0.2, 0.25) is 0 Å². The fourth-order valence-electron chi connectivity index (χ4n) is 4.16. The molecule has 2 N–H and O–H groups in total. The number of nitrogens with one attached hydrogen (secondary N) is 2. The van der Waals surface area contributed by atoms with Crippen molar-refractivity contribution in [2.24, 2.45) is 7.05 Å². The van der Waals surface area contributed by atoms with E-state index in [1.165, 1.54) is 17.5 Å². The molecule has 13 heteroatoms. The number of rotatable bonds is 11. The molecule has 0 bridgehead atoms. The Balaban J connectivity index is 1.36. The molecule has 5 rings (SSSR count). The Morgan fingerprint density at radius 3 is 2.62 bits per heavy atom. The van der Waals surface area contributed by atoms with Gasteiger partial charge in [0.15, 0.2) is 0 Å². The number of nitrogens with zero attached hydrogens (tertiary/aromatic N) is 6. The smallest absolute Gasteiger partial charge is 0.261 e. The van der Waals surface area contributed by atoms with Gasteiger partial charge in [-0.2, -0.15) is 10.2 Å². The van der Waals surface area contributed by atoms with Crippen LogP contribution in [0.15, 0.2) is 35.6 Å². The number of ether oxygens (including phenoxy) is 2. The van der Waals surface area contributed by atoms with Crippen LogP contribution in [0.5, 0.6) is 0 Å². The molecule has 1 amide bonds. The van der Waals surface area contributed by atoms with Crippen LogP contribution in [0.1, 0.15) is 10.4 Å². The number of methoxy groups -OCH3 is 2. The van der Waals surface area contributed by atoms with E-state index in [0.29, 0.717) is 53.8 Å². The zero-order valence-electron chi connectivity index (χ0n) is 20.9. The Kier molecular flexibility index (Phi) is 7.28. The van der Waals surface area contributed by atoms with Crippen LogP contribution in [0, 0.1) is 0 Å². The number of carbonyl (C=O) groups excluding carboxylic acids is 1. The van der Waals surface area contributed by atoms with Crippen molar-refractivity contribution in [1.29, 1.82) is 0 Å². The monoisotopic (exact) mass is 524 g/mol. The minimum absolute atomic E-state index is 0.263. The molecule has 0 aliphatic carbocycles. The second-order valence-electron chi connectivity index (χ2n) is 8.63. The van der Waals surface area contributed by atoms with Gasteiger partial charge in [-0.3, -0.25) is 24.2 Å². The van der Waals surface area contributed by atoms with Crippen molar-refractivity contribution in [3.8, 4) is 10.4 Å². The molecule has 0 spiro atoms. The molecule has 0 aromatic carbocycles. The molecule has 0 aliphatic rings. The molecule has 12 nitrogen and oxygen atoms in total. The lowest BCUT2D eigenvalue weighted by atomic mass is 10.2. The van der Waals surface area contributed by atoms with Gasteiger partial charge < -0.3 is 19.8 Å². The van der Waals surface area contributed by atoms with Crippen molar-refractivity contribution < 1.29 is 14.3 Å². The molecule has 194 valence electrons. The molecule has 5 aromatic rings. The molecule has 0 radical (unpaired) electrons. The molecule has 0 saturated heterocycles. The summed E-state index contributed by atoms with van der Waals surface area (Å²) in [5, 5.41) is 12.2. The maximum Gasteiger partial charge on any atom is 0.261 e. The lowest BCUT2D eigenvalue weighted by molar-refractivity contribution is 0.0931. The van der Waals surface area contributed by atoms with Crippen molar-refractivity contribution >= 4 is 44.0 Å². The van der Waals surface area contributed by atoms with Crippen molar-refractivity contribution in [2.45, 2.75) is 0 Å². The quantitative estimate of drug-likeness (QED) is 0.266. The number of fused-ring (bicyclic) bond motifs is 5. The van der Waals surface area contributed by atoms with E-state index in [4.69, 9.17) is 9.47 Å². The molecule has 0 fully saturated rings. The van der Waals surface area contributed by atoms with E-state index in [0.717, 1.165) is 28.4 Å². The number of aromatic amines is 1. The summed E-state index contributed by atoms with van der Waals surface area (Å²) in [6, 6.07) is 1.64. The summed E-state index contributed by atoms with van der Waals surface area (Å²) in [6.07, 6.45) is 7.08. The van der Waals surface area contributed by atoms with Crippen molar-refractivity contribution in [2.75, 3.05) is 53.6 Å². The summed E-state index contributed by atoms with van der Waals surface area (Å²) in [4.78, 5) is 37.1. The first-order valence-corrected chi connectivity index (χ1v) is 12.6. The van der Waals surface area contributed by atoms with Crippen molar-refractivity contribution in [3.05, 3.63) is 46.8 Å². The number of amides is 1. The third kappa shape index (κ3) is 5.11. The number of carbonyl (C=O) groups is 1. The highest BCUT2D eigenvalue weighted by molar-refractivity contribution is 7.21. The molecular weight excluding hydrogens is 496 g/mol. The first-order valence-electron chi connectivity index (χ1n) is 11.8. The largest absolute Gasteiger partial charge is 0.383 e. The second-order valence-corrected chi connectivity index (χ2v) is 9.66. The van der Waals surface area contributed by atoms with Crippen LogP contribution in [0.4, 0.5) is 0 Å². The minimum Gasteiger partial charge on any atom is -0.383 e. The summed E-state index contributed by atoms with van der Waals surface area (Å²) in [7, 11) is 5.18. The van der Waals surface area contributed by atoms with E-state index in [9.17, 15) is 9.59 Å². The molecule has 0 aliphatic heterocycles. The van der Waals surface area contributed by atoms with E-state index in [1.807, 2.05) is 19.4 Å². The average Bonchev–Trinajstić information content (AvgIpc) is 3.59. The van der Waals surface area contributed by atoms with E-state index >= 15 is 0 Å². The highest BCUT2D eigenvalue weighted by Crippen LogP contribution is 2.32. The number of H-pyrrole nitrogens is 1. The zero-order valence-corrected chi connectivity index (χ0v) is 21.7. The van der Waals surface area contributed by atoms with E-state index < -0.39 is 0 Å². The van der Waals surface area contributed by atoms with Gasteiger partial charge in [-0.15, -0.1) is 11.3 Å². The molecule has 0 atom stereocenters. The van der Waals surface area contributed by atoms with Crippen LogP contribution in [-0.4, -0.2) is 93.8 Å². The summed E-state index contributed by atoms with van der Waals surface area (Å²) < 4.78 is 13.7. The average molecular weight is 525 g/mol. The van der Waals surface area contributed by atoms with Gasteiger partial charge in [-0.25, -0.2) is 4.52 Å². The lowest BCUT2D eigenvalue weighted by Crippen LogP contribution is -2.38. The van der Waals surface area contributed by atoms with Crippen LogP contribution in [0.25, 0.3) is 37.2 Å². The van der Waals surface area contributed by atoms with Gasteiger partial charge in [0.1, 0.15) is 21.3 Å². The van der Waals surface area contributed by atoms with Crippen LogP contribution in [0.3, 0.4) is 0 Å². The lowest BCUT2D eigenvalue weighted by Gasteiger charge is -2.21. The third-order valence-corrected chi connectivity index (χ3v) is 7.23. The fraction of sp³-hybridized carbons (Fsp3) is 0.375. The topological polar surface area (TPSA) is 132 Å². The maximum atomic E-state index is 13.0. The first kappa shape index (κ1) is 25.0. The normalized spacial score (nSPS) is 11.9. The van der Waals surface area contributed by atoms with Crippen LogP contribution in [-0.2, 0) is 16.5 Å². The zero-order chi connectivity index (χ0) is 25.9. The SMILES string of the molecule is COCCN(CCNC(=O)c1cnc2c(c1)[nH]c(=O)c1c2nn2cc(-c3cnn(C)c3)sc12)CCOC. The Morgan fingerprint density at radius 1 is 1.14 bits per heavy atom. The molecule has 0 saturated carbocycles. The van der Waals surface area contributed by atoms with E-state index in [2.05, 4.69) is 30.4 Å². The highest BCUT2D eigenvalue weighted by atomic mass is 32.1. The Morgan fingerprint density at radius 2 is 1.92 bits per heavy atom. The van der Waals surface area contributed by atoms with E-state index in [-0.39, 0.29) is 11.5 Å². The molecule has 37 heavy (non-hydrogen) atoms. The Hall–Kier alpha value is -3.65. The van der Waals surface area contributed by atoms with Crippen LogP contribution < -0.4 is 10.9 Å². The third-order valence-electron chi connectivity index (χ3n) is 6.09. The Bertz CT molecular complexity index is 1610. The highest BCUT2D eigenvalue weighted by Gasteiger charge is 2.19. The number of aromatic nitrogens is 6. The summed E-state index contributed by atoms with van der Waals surface area (Å²) >= 11 is 1.47. The molecule has 0 unspecified atom stereocenters. The fourth-order valence-corrected chi connectivity index (χ4v) is 5.22. The Labute approximate surface area is 215 Å². The van der Waals surface area contributed by atoms with Gasteiger partial charge in [0, 0.05) is 71.6 Å². The number of pyridine rings is 2. The molecule has 5 aromatic heterocycles. The number of hydrogen-bond acceptors (Lipinski definition) is 9. The maximum absolute atomic E-state index is 13.0. The summed E-state index contributed by atoms with van der Waals surface area (Å²) in [6.45, 7) is 3.81. The summed E-state index contributed by atoms with van der Waals surface area (Å²) in [5.41, 5.74) is 2.55. The van der Waals surface area contributed by atoms with E-state index in [1.54, 1.807) is 35.7 Å². The van der Waals surface area contributed by atoms with Crippen LogP contribution in [0.2, 0.25) is 0 Å². The van der Waals surface area contributed by atoms with Gasteiger partial charge in [0.25, 0.3) is 11.5 Å². The minimum atomic E-state index is -0.275. The number of hydrogen-bond donors (Lipinski definition) is 2. The van der Waals surface area contributed by atoms with Crippen LogP contribution >= 0.6 is 11.3 Å². The first-order chi connectivity index (χ1) is 18.0. The van der Waals surface area contributed by atoms with Crippen molar-refractivity contribution in [1.82, 2.24) is 39.6 Å². The van der Waals surface area contributed by atoms with Gasteiger partial charge in [-0.1, -0.05) is 0 Å². The predicted molar refractivity (Wildman–Crippen MR) is 141 cm³/mol. The van der Waals surface area contributed by atoms with Crippen molar-refractivity contribution in [3.63, 3.8) is 0 Å².